The van der Waals surface area contributed by atoms with E-state index in [9.17, 15) is 14.7 Å². The average molecular weight is 266 g/mol. The molecule has 0 aliphatic carbocycles. The van der Waals surface area contributed by atoms with Gasteiger partial charge in [-0.1, -0.05) is 67.2 Å². The van der Waals surface area contributed by atoms with E-state index in [0.29, 0.717) is 0 Å². The molecule has 100 valence electrons. The molecular formula is C17H14O3. The van der Waals surface area contributed by atoms with E-state index >= 15 is 0 Å². The minimum atomic E-state index is -2.23. The van der Waals surface area contributed by atoms with E-state index in [1.54, 1.807) is 60.7 Å². The van der Waals surface area contributed by atoms with Gasteiger partial charge in [0, 0.05) is 5.56 Å². The van der Waals surface area contributed by atoms with Gasteiger partial charge in [0.15, 0.2) is 5.78 Å². The van der Waals surface area contributed by atoms with Gasteiger partial charge in [-0.3, -0.25) is 9.59 Å². The van der Waals surface area contributed by atoms with Gasteiger partial charge in [0.2, 0.25) is 11.4 Å². The second-order valence-electron chi connectivity index (χ2n) is 4.34. The molecule has 0 spiro atoms. The Bertz CT molecular complexity index is 632. The van der Waals surface area contributed by atoms with E-state index in [2.05, 4.69) is 6.58 Å². The fourth-order valence-corrected chi connectivity index (χ4v) is 2.01. The lowest BCUT2D eigenvalue weighted by Crippen LogP contribution is -2.42. The van der Waals surface area contributed by atoms with Gasteiger partial charge < -0.3 is 5.11 Å². The van der Waals surface area contributed by atoms with Crippen LogP contribution in [0.15, 0.2) is 73.3 Å². The van der Waals surface area contributed by atoms with Crippen molar-refractivity contribution < 1.29 is 14.7 Å². The fraction of sp³-hybridized carbons (Fsp3) is 0.0588. The van der Waals surface area contributed by atoms with Crippen molar-refractivity contribution in [1.29, 1.82) is 0 Å². The van der Waals surface area contributed by atoms with Gasteiger partial charge in [-0.2, -0.15) is 0 Å². The summed E-state index contributed by atoms with van der Waals surface area (Å²) in [6, 6.07) is 16.4. The van der Waals surface area contributed by atoms with Gasteiger partial charge in [-0.25, -0.2) is 0 Å². The number of carbonyl (C=O) groups excluding carboxylic acids is 2. The van der Waals surface area contributed by atoms with E-state index < -0.39 is 17.2 Å². The van der Waals surface area contributed by atoms with Crippen LogP contribution in [0.3, 0.4) is 0 Å². The van der Waals surface area contributed by atoms with Crippen LogP contribution < -0.4 is 0 Å². The van der Waals surface area contributed by atoms with Crippen LogP contribution in [0, 0.1) is 0 Å². The topological polar surface area (TPSA) is 54.4 Å². The molecule has 0 bridgehead atoms. The van der Waals surface area contributed by atoms with Gasteiger partial charge >= 0.3 is 0 Å². The molecule has 0 aromatic heterocycles. The zero-order chi connectivity index (χ0) is 14.6. The number of ketones is 2. The van der Waals surface area contributed by atoms with Crippen molar-refractivity contribution in [3.05, 3.63) is 84.4 Å². The first kappa shape index (κ1) is 13.9. The summed E-state index contributed by atoms with van der Waals surface area (Å²) < 4.78 is 0. The third kappa shape index (κ3) is 2.31. The Morgan fingerprint density at radius 3 is 1.95 bits per heavy atom. The number of hydrogen-bond donors (Lipinski definition) is 1. The highest BCUT2D eigenvalue weighted by molar-refractivity contribution is 6.20. The number of rotatable bonds is 5. The largest absolute Gasteiger partial charge is 0.370 e. The van der Waals surface area contributed by atoms with Crippen molar-refractivity contribution >= 4 is 11.6 Å². The summed E-state index contributed by atoms with van der Waals surface area (Å²) in [7, 11) is 0. The van der Waals surface area contributed by atoms with E-state index in [0.717, 1.165) is 6.08 Å². The lowest BCUT2D eigenvalue weighted by atomic mass is 9.82. The second kappa shape index (κ2) is 5.63. The van der Waals surface area contributed by atoms with Crippen molar-refractivity contribution in [2.45, 2.75) is 5.60 Å². The van der Waals surface area contributed by atoms with Crippen LogP contribution in [0.4, 0.5) is 0 Å². The molecule has 0 aliphatic heterocycles. The predicted octanol–water partition coefficient (Wildman–Crippen LogP) is 2.51. The van der Waals surface area contributed by atoms with E-state index in [-0.39, 0.29) is 11.1 Å². The molecule has 0 aliphatic rings. The maximum absolute atomic E-state index is 12.5. The van der Waals surface area contributed by atoms with Crippen molar-refractivity contribution in [3.8, 4) is 0 Å². The first-order valence-corrected chi connectivity index (χ1v) is 6.15. The van der Waals surface area contributed by atoms with E-state index in [4.69, 9.17) is 0 Å². The van der Waals surface area contributed by atoms with Crippen LogP contribution in [-0.2, 0) is 10.4 Å². The molecule has 0 radical (unpaired) electrons. The molecular weight excluding hydrogens is 252 g/mol. The lowest BCUT2D eigenvalue weighted by Gasteiger charge is -2.24. The Morgan fingerprint density at radius 1 is 0.950 bits per heavy atom. The molecule has 2 aromatic rings. The summed E-state index contributed by atoms with van der Waals surface area (Å²) in [5.74, 6) is -1.40. The third-order valence-corrected chi connectivity index (χ3v) is 3.10. The maximum Gasteiger partial charge on any atom is 0.215 e. The third-order valence-electron chi connectivity index (χ3n) is 3.10. The molecule has 0 fully saturated rings. The molecule has 3 heteroatoms. The monoisotopic (exact) mass is 266 g/mol. The fourth-order valence-electron chi connectivity index (χ4n) is 2.01. The van der Waals surface area contributed by atoms with Gasteiger partial charge in [0.05, 0.1) is 0 Å². The molecule has 1 unspecified atom stereocenters. The van der Waals surface area contributed by atoms with Gasteiger partial charge in [-0.15, -0.1) is 0 Å². The second-order valence-corrected chi connectivity index (χ2v) is 4.34. The Balaban J connectivity index is 2.57. The molecule has 1 atom stereocenters. The Labute approximate surface area is 117 Å². The van der Waals surface area contributed by atoms with E-state index in [1.165, 1.54) is 0 Å². The highest BCUT2D eigenvalue weighted by Crippen LogP contribution is 2.27. The zero-order valence-corrected chi connectivity index (χ0v) is 10.8. The van der Waals surface area contributed by atoms with Crippen molar-refractivity contribution in [2.24, 2.45) is 0 Å². The number of carbonyl (C=O) groups is 2. The molecule has 2 rings (SSSR count). The maximum atomic E-state index is 12.5. The summed E-state index contributed by atoms with van der Waals surface area (Å²) >= 11 is 0. The van der Waals surface area contributed by atoms with Crippen molar-refractivity contribution in [3.63, 3.8) is 0 Å². The lowest BCUT2D eigenvalue weighted by molar-refractivity contribution is -0.128. The highest BCUT2D eigenvalue weighted by Gasteiger charge is 2.44. The Morgan fingerprint density at radius 2 is 1.45 bits per heavy atom. The summed E-state index contributed by atoms with van der Waals surface area (Å²) in [6.45, 7) is 3.37. The molecule has 0 amide bonds. The molecule has 20 heavy (non-hydrogen) atoms. The summed E-state index contributed by atoms with van der Waals surface area (Å²) in [5, 5.41) is 10.7. The molecule has 0 saturated heterocycles. The number of benzene rings is 2. The molecule has 0 saturated carbocycles. The van der Waals surface area contributed by atoms with Crippen LogP contribution in [0.1, 0.15) is 15.9 Å². The summed E-state index contributed by atoms with van der Waals surface area (Å²) in [5.41, 5.74) is -1.72. The van der Waals surface area contributed by atoms with Crippen molar-refractivity contribution in [2.75, 3.05) is 0 Å². The van der Waals surface area contributed by atoms with Crippen LogP contribution >= 0.6 is 0 Å². The normalized spacial score (nSPS) is 13.2. The summed E-state index contributed by atoms with van der Waals surface area (Å²) in [4.78, 5) is 24.6. The summed E-state index contributed by atoms with van der Waals surface area (Å²) in [6.07, 6.45) is 0.966. The standard InChI is InChI=1S/C17H14O3/c1-2-15(18)17(20,14-11-7-4-8-12-14)16(19)13-9-5-3-6-10-13/h2-12,20H,1H2. The SMILES string of the molecule is C=CC(=O)C(O)(C(=O)c1ccccc1)c1ccccc1. The van der Waals surface area contributed by atoms with Gasteiger partial charge in [0.1, 0.15) is 0 Å². The minimum Gasteiger partial charge on any atom is -0.370 e. The smallest absolute Gasteiger partial charge is 0.215 e. The Hall–Kier alpha value is -2.52. The molecule has 1 N–H and O–H groups in total. The van der Waals surface area contributed by atoms with Gasteiger partial charge in [-0.05, 0) is 11.6 Å². The minimum absolute atomic E-state index is 0.235. The van der Waals surface area contributed by atoms with Gasteiger partial charge in [0.25, 0.3) is 0 Å². The highest BCUT2D eigenvalue weighted by atomic mass is 16.3. The van der Waals surface area contributed by atoms with Crippen LogP contribution in [-0.4, -0.2) is 16.7 Å². The number of hydrogen-bond acceptors (Lipinski definition) is 3. The quantitative estimate of drug-likeness (QED) is 0.514. The first-order valence-electron chi connectivity index (χ1n) is 6.15. The molecule has 3 nitrogen and oxygen atoms in total. The van der Waals surface area contributed by atoms with Crippen molar-refractivity contribution in [1.82, 2.24) is 0 Å². The molecule has 2 aromatic carbocycles. The van der Waals surface area contributed by atoms with Crippen LogP contribution in [0.2, 0.25) is 0 Å². The van der Waals surface area contributed by atoms with Crippen LogP contribution in [0.5, 0.6) is 0 Å². The van der Waals surface area contributed by atoms with E-state index in [1.807, 2.05) is 0 Å². The first-order chi connectivity index (χ1) is 9.60. The number of Topliss-reactive ketones (excluding diaryl/α,β-unsaturated/α-hetero) is 1. The number of aliphatic hydroxyl groups is 1. The zero-order valence-electron chi connectivity index (χ0n) is 10.8. The molecule has 0 heterocycles. The van der Waals surface area contributed by atoms with Crippen LogP contribution in [0.25, 0.3) is 0 Å². The Kier molecular flexibility index (Phi) is 3.91. The average Bonchev–Trinajstić information content (AvgIpc) is 2.54. The predicted molar refractivity (Wildman–Crippen MR) is 76.3 cm³/mol.